The molecule has 1 aliphatic carbocycles. The predicted octanol–water partition coefficient (Wildman–Crippen LogP) is 3.27. The van der Waals surface area contributed by atoms with E-state index in [1.807, 2.05) is 6.07 Å². The van der Waals surface area contributed by atoms with E-state index in [9.17, 15) is 0 Å². The molecule has 2 heterocycles. The maximum Gasteiger partial charge on any atom is 0.194 e. The first-order valence-corrected chi connectivity index (χ1v) is 9.68. The second kappa shape index (κ2) is 11.6. The van der Waals surface area contributed by atoms with Crippen LogP contribution in [0.3, 0.4) is 0 Å². The highest BCUT2D eigenvalue weighted by Crippen LogP contribution is 2.19. The first-order valence-electron chi connectivity index (χ1n) is 9.68. The number of allylic oxidation sites excluding steroid dienone is 1. The lowest BCUT2D eigenvalue weighted by molar-refractivity contribution is 0.169. The van der Waals surface area contributed by atoms with Gasteiger partial charge in [-0.05, 0) is 39.0 Å². The maximum absolute atomic E-state index is 4.92. The molecule has 0 bridgehead atoms. The topological polar surface area (TPSA) is 56.9 Å². The number of nitrogens with one attached hydrogen (secondary N) is 1. The lowest BCUT2D eigenvalue weighted by Crippen LogP contribution is -2.52. The number of halogens is 1. The Kier molecular flexibility index (Phi) is 9.45. The van der Waals surface area contributed by atoms with E-state index in [4.69, 9.17) is 9.52 Å². The number of hydrogen-bond acceptors (Lipinski definition) is 4. The summed E-state index contributed by atoms with van der Waals surface area (Å²) in [5, 5.41) is 7.47. The summed E-state index contributed by atoms with van der Waals surface area (Å²) < 4.78 is 4.92. The summed E-state index contributed by atoms with van der Waals surface area (Å²) in [5.41, 5.74) is 2.61. The molecule has 6 nitrogen and oxygen atoms in total. The molecule has 0 atom stereocenters. The summed E-state index contributed by atoms with van der Waals surface area (Å²) in [6.07, 6.45) is 10.4. The van der Waals surface area contributed by atoms with E-state index in [1.165, 1.54) is 25.7 Å². The van der Waals surface area contributed by atoms with E-state index in [2.05, 4.69) is 33.3 Å². The van der Waals surface area contributed by atoms with Gasteiger partial charge in [0.25, 0.3) is 0 Å². The van der Waals surface area contributed by atoms with Crippen molar-refractivity contribution in [3.63, 3.8) is 0 Å². The molecule has 1 saturated heterocycles. The Hall–Kier alpha value is -1.09. The molecule has 0 saturated carbocycles. The van der Waals surface area contributed by atoms with Crippen molar-refractivity contribution >= 4 is 29.9 Å². The first kappa shape index (κ1) is 21.2. The van der Waals surface area contributed by atoms with Crippen LogP contribution in [0.4, 0.5) is 0 Å². The van der Waals surface area contributed by atoms with Crippen LogP contribution in [0.1, 0.15) is 44.7 Å². The third-order valence-corrected chi connectivity index (χ3v) is 4.96. The van der Waals surface area contributed by atoms with Gasteiger partial charge in [0.15, 0.2) is 5.96 Å². The van der Waals surface area contributed by atoms with E-state index in [-0.39, 0.29) is 24.0 Å². The fourth-order valence-corrected chi connectivity index (χ4v) is 3.53. The van der Waals surface area contributed by atoms with Gasteiger partial charge in [0, 0.05) is 51.9 Å². The molecule has 7 heteroatoms. The zero-order chi connectivity index (χ0) is 17.3. The molecule has 2 aliphatic rings. The molecule has 0 amide bonds. The van der Waals surface area contributed by atoms with Gasteiger partial charge in [-0.2, -0.15) is 0 Å². The fraction of sp³-hybridized carbons (Fsp3) is 0.684. The van der Waals surface area contributed by atoms with Crippen molar-refractivity contribution < 1.29 is 4.52 Å². The molecule has 0 unspecified atom stereocenters. The number of aromatic nitrogens is 1. The third-order valence-electron chi connectivity index (χ3n) is 4.96. The van der Waals surface area contributed by atoms with Crippen molar-refractivity contribution in [2.75, 3.05) is 39.3 Å². The number of piperazine rings is 1. The average Bonchev–Trinajstić information content (AvgIpc) is 3.16. The van der Waals surface area contributed by atoms with Crippen LogP contribution in [-0.4, -0.2) is 60.2 Å². The van der Waals surface area contributed by atoms with Crippen LogP contribution >= 0.6 is 24.0 Å². The van der Waals surface area contributed by atoms with Crippen LogP contribution in [0.15, 0.2) is 33.5 Å². The summed E-state index contributed by atoms with van der Waals surface area (Å²) in [4.78, 5) is 9.69. The molecule has 146 valence electrons. The number of guanidine groups is 1. The fourth-order valence-electron chi connectivity index (χ4n) is 3.53. The Morgan fingerprint density at radius 3 is 2.77 bits per heavy atom. The van der Waals surface area contributed by atoms with Crippen molar-refractivity contribution in [1.82, 2.24) is 20.3 Å². The quantitative estimate of drug-likeness (QED) is 0.298. The molecular weight excluding hydrogens is 441 g/mol. The molecule has 0 radical (unpaired) electrons. The number of hydrogen-bond donors (Lipinski definition) is 1. The predicted molar refractivity (Wildman–Crippen MR) is 116 cm³/mol. The smallest absolute Gasteiger partial charge is 0.194 e. The van der Waals surface area contributed by atoms with E-state index < -0.39 is 0 Å². The summed E-state index contributed by atoms with van der Waals surface area (Å²) in [6, 6.07) is 1.94. The molecule has 1 aromatic rings. The highest BCUT2D eigenvalue weighted by molar-refractivity contribution is 14.0. The standard InChI is InChI=1S/C19H31N5O.HI/c1-2-20-19(21-10-8-17-6-4-3-5-7-17)24-13-11-23(12-14-24)16-18-9-15-25-22-18;/h6,9,15H,2-5,7-8,10-14,16H2,1H3,(H,20,21);1H. The molecule has 1 aromatic heterocycles. The van der Waals surface area contributed by atoms with E-state index >= 15 is 0 Å². The summed E-state index contributed by atoms with van der Waals surface area (Å²) >= 11 is 0. The van der Waals surface area contributed by atoms with Gasteiger partial charge in [0.1, 0.15) is 6.26 Å². The zero-order valence-corrected chi connectivity index (χ0v) is 18.2. The maximum atomic E-state index is 4.92. The van der Waals surface area contributed by atoms with Crippen LogP contribution in [0.2, 0.25) is 0 Å². The molecule has 3 rings (SSSR count). The van der Waals surface area contributed by atoms with Gasteiger partial charge in [0.05, 0.1) is 5.69 Å². The Bertz CT molecular complexity index is 564. The van der Waals surface area contributed by atoms with Crippen LogP contribution in [0.25, 0.3) is 0 Å². The number of rotatable bonds is 6. The van der Waals surface area contributed by atoms with Crippen LogP contribution < -0.4 is 5.32 Å². The Labute approximate surface area is 174 Å². The highest BCUT2D eigenvalue weighted by Gasteiger charge is 2.20. The molecule has 1 N–H and O–H groups in total. The van der Waals surface area contributed by atoms with Crippen LogP contribution in [0.5, 0.6) is 0 Å². The zero-order valence-electron chi connectivity index (χ0n) is 15.8. The average molecular weight is 473 g/mol. The summed E-state index contributed by atoms with van der Waals surface area (Å²) in [7, 11) is 0. The van der Waals surface area contributed by atoms with Crippen molar-refractivity contribution in [3.05, 3.63) is 29.7 Å². The first-order chi connectivity index (χ1) is 12.3. The minimum atomic E-state index is 0. The Balaban J connectivity index is 0.00000243. The molecule has 0 spiro atoms. The van der Waals surface area contributed by atoms with E-state index in [0.29, 0.717) is 0 Å². The van der Waals surface area contributed by atoms with Crippen molar-refractivity contribution in [1.29, 1.82) is 0 Å². The lowest BCUT2D eigenvalue weighted by atomic mass is 9.97. The van der Waals surface area contributed by atoms with Gasteiger partial charge in [-0.15, -0.1) is 24.0 Å². The second-order valence-electron chi connectivity index (χ2n) is 6.85. The highest BCUT2D eigenvalue weighted by atomic mass is 127. The van der Waals surface area contributed by atoms with E-state index in [1.54, 1.807) is 11.8 Å². The molecule has 1 aliphatic heterocycles. The lowest BCUT2D eigenvalue weighted by Gasteiger charge is -2.36. The molecule has 1 fully saturated rings. The van der Waals surface area contributed by atoms with Crippen LogP contribution in [-0.2, 0) is 6.54 Å². The van der Waals surface area contributed by atoms with Crippen molar-refractivity contribution in [2.24, 2.45) is 4.99 Å². The third kappa shape index (κ3) is 6.57. The number of nitrogens with zero attached hydrogens (tertiary/aromatic N) is 4. The molecule has 26 heavy (non-hydrogen) atoms. The largest absolute Gasteiger partial charge is 0.364 e. The van der Waals surface area contributed by atoms with E-state index in [0.717, 1.165) is 63.9 Å². The minimum Gasteiger partial charge on any atom is -0.364 e. The number of aliphatic imine (C=N–C) groups is 1. The summed E-state index contributed by atoms with van der Waals surface area (Å²) in [5.74, 6) is 1.07. The second-order valence-corrected chi connectivity index (χ2v) is 6.85. The van der Waals surface area contributed by atoms with Gasteiger partial charge in [-0.25, -0.2) is 0 Å². The molecular formula is C19H32IN5O. The molecule has 0 aromatic carbocycles. The monoisotopic (exact) mass is 473 g/mol. The van der Waals surface area contributed by atoms with Crippen molar-refractivity contribution in [2.45, 2.75) is 45.6 Å². The van der Waals surface area contributed by atoms with Gasteiger partial charge in [0.2, 0.25) is 0 Å². The van der Waals surface area contributed by atoms with Gasteiger partial charge in [-0.3, -0.25) is 9.89 Å². The Morgan fingerprint density at radius 2 is 2.12 bits per heavy atom. The van der Waals surface area contributed by atoms with Gasteiger partial charge in [-0.1, -0.05) is 16.8 Å². The van der Waals surface area contributed by atoms with Crippen LogP contribution in [0, 0.1) is 0 Å². The van der Waals surface area contributed by atoms with Gasteiger partial charge < -0.3 is 14.7 Å². The Morgan fingerprint density at radius 1 is 1.27 bits per heavy atom. The van der Waals surface area contributed by atoms with Crippen molar-refractivity contribution in [3.8, 4) is 0 Å². The van der Waals surface area contributed by atoms with Gasteiger partial charge >= 0.3 is 0 Å². The normalized spacial score (nSPS) is 19.0. The minimum absolute atomic E-state index is 0. The summed E-state index contributed by atoms with van der Waals surface area (Å²) in [6.45, 7) is 8.89. The SMILES string of the molecule is CCNC(=NCCC1=CCCCC1)N1CCN(Cc2ccon2)CC1.I.